The van der Waals surface area contributed by atoms with E-state index in [1.54, 1.807) is 17.6 Å². The maximum absolute atomic E-state index is 5.70. The molecule has 0 atom stereocenters. The fraction of sp³-hybridized carbons (Fsp3) is 0. The molecule has 3 heterocycles. The normalized spacial score (nSPS) is 11.3. The molecule has 5 rings (SSSR count). The molecule has 0 saturated heterocycles. The molecule has 0 aliphatic heterocycles. The van der Waals surface area contributed by atoms with Gasteiger partial charge in [-0.2, -0.15) is 0 Å². The van der Waals surface area contributed by atoms with Gasteiger partial charge in [-0.1, -0.05) is 24.3 Å². The summed E-state index contributed by atoms with van der Waals surface area (Å²) in [5, 5.41) is 1.09. The molecule has 3 aromatic heterocycles. The number of benzene rings is 2. The quantitative estimate of drug-likeness (QED) is 0.413. The third-order valence-corrected chi connectivity index (χ3v) is 4.98. The summed E-state index contributed by atoms with van der Waals surface area (Å²) in [6.45, 7) is 0. The van der Waals surface area contributed by atoms with Crippen LogP contribution in [-0.4, -0.2) is 9.97 Å². The van der Waals surface area contributed by atoms with Gasteiger partial charge < -0.3 is 4.42 Å². The van der Waals surface area contributed by atoms with Crippen LogP contribution in [0.25, 0.3) is 43.6 Å². The number of para-hydroxylation sites is 1. The second kappa shape index (κ2) is 5.28. The summed E-state index contributed by atoms with van der Waals surface area (Å²) in [5.74, 6) is 0. The molecule has 0 fully saturated rings. The zero-order valence-electron chi connectivity index (χ0n) is 12.6. The van der Waals surface area contributed by atoms with Gasteiger partial charge in [0.1, 0.15) is 5.58 Å². The molecule has 114 valence electrons. The van der Waals surface area contributed by atoms with Gasteiger partial charge in [0, 0.05) is 22.7 Å². The minimum absolute atomic E-state index is 0.872. The summed E-state index contributed by atoms with van der Waals surface area (Å²) in [4.78, 5) is 9.01. The van der Waals surface area contributed by atoms with Crippen LogP contribution in [0.3, 0.4) is 0 Å². The standard InChI is InChI=1S/C20H12N2OS/c1-3-13-8-10-23-20(13)16(4-1)19-15(5-2-9-21-19)14-6-7-17-18(11-14)24-12-22-17/h1-12H. The van der Waals surface area contributed by atoms with E-state index in [1.165, 1.54) is 4.70 Å². The van der Waals surface area contributed by atoms with Crippen LogP contribution in [0.2, 0.25) is 0 Å². The molecule has 0 N–H and O–H groups in total. The molecular weight excluding hydrogens is 316 g/mol. The number of aromatic nitrogens is 2. The van der Waals surface area contributed by atoms with Gasteiger partial charge in [-0.05, 0) is 35.9 Å². The monoisotopic (exact) mass is 328 g/mol. The predicted octanol–water partition coefficient (Wildman–Crippen LogP) is 5.77. The van der Waals surface area contributed by atoms with Crippen molar-refractivity contribution < 1.29 is 4.42 Å². The van der Waals surface area contributed by atoms with E-state index in [2.05, 4.69) is 40.3 Å². The molecule has 4 heteroatoms. The third-order valence-electron chi connectivity index (χ3n) is 4.18. The summed E-state index contributed by atoms with van der Waals surface area (Å²) in [6, 6.07) is 18.5. The fourth-order valence-corrected chi connectivity index (χ4v) is 3.77. The average Bonchev–Trinajstić information content (AvgIpc) is 3.29. The first-order valence-corrected chi connectivity index (χ1v) is 8.53. The van der Waals surface area contributed by atoms with E-state index in [0.29, 0.717) is 0 Å². The van der Waals surface area contributed by atoms with Gasteiger partial charge in [-0.25, -0.2) is 4.98 Å². The molecule has 3 nitrogen and oxygen atoms in total. The van der Waals surface area contributed by atoms with Gasteiger partial charge in [0.05, 0.1) is 27.7 Å². The lowest BCUT2D eigenvalue weighted by atomic mass is 9.98. The molecule has 2 aromatic carbocycles. The van der Waals surface area contributed by atoms with Crippen LogP contribution in [0, 0.1) is 0 Å². The Labute approximate surface area is 142 Å². The SMILES string of the molecule is c1cnc(-c2cccc3ccoc23)c(-c2ccc3ncsc3c2)c1. The van der Waals surface area contributed by atoms with E-state index in [4.69, 9.17) is 4.42 Å². The number of hydrogen-bond donors (Lipinski definition) is 0. The number of rotatable bonds is 2. The zero-order chi connectivity index (χ0) is 15.9. The Hall–Kier alpha value is -2.98. The first-order valence-electron chi connectivity index (χ1n) is 7.65. The van der Waals surface area contributed by atoms with Crippen molar-refractivity contribution in [1.29, 1.82) is 0 Å². The lowest BCUT2D eigenvalue weighted by molar-refractivity contribution is 0.616. The lowest BCUT2D eigenvalue weighted by Crippen LogP contribution is -1.89. The minimum Gasteiger partial charge on any atom is -0.464 e. The van der Waals surface area contributed by atoms with Crippen LogP contribution in [0.5, 0.6) is 0 Å². The maximum Gasteiger partial charge on any atom is 0.143 e. The van der Waals surface area contributed by atoms with Crippen molar-refractivity contribution in [1.82, 2.24) is 9.97 Å². The van der Waals surface area contributed by atoms with Crippen LogP contribution in [0.1, 0.15) is 0 Å². The Morgan fingerprint density at radius 1 is 0.875 bits per heavy atom. The lowest BCUT2D eigenvalue weighted by Gasteiger charge is -2.09. The highest BCUT2D eigenvalue weighted by molar-refractivity contribution is 7.16. The van der Waals surface area contributed by atoms with E-state index in [1.807, 2.05) is 36.0 Å². The van der Waals surface area contributed by atoms with Crippen molar-refractivity contribution in [2.45, 2.75) is 0 Å². The van der Waals surface area contributed by atoms with Crippen molar-refractivity contribution >= 4 is 32.5 Å². The number of pyridine rings is 1. The fourth-order valence-electron chi connectivity index (χ4n) is 3.05. The van der Waals surface area contributed by atoms with E-state index in [-0.39, 0.29) is 0 Å². The summed E-state index contributed by atoms with van der Waals surface area (Å²) in [6.07, 6.45) is 3.55. The summed E-state index contributed by atoms with van der Waals surface area (Å²) in [7, 11) is 0. The van der Waals surface area contributed by atoms with Crippen molar-refractivity contribution in [3.8, 4) is 22.4 Å². The van der Waals surface area contributed by atoms with Gasteiger partial charge in [0.15, 0.2) is 0 Å². The Bertz CT molecular complexity index is 1170. The highest BCUT2D eigenvalue weighted by Gasteiger charge is 2.13. The van der Waals surface area contributed by atoms with Crippen molar-refractivity contribution in [2.75, 3.05) is 0 Å². The highest BCUT2D eigenvalue weighted by atomic mass is 32.1. The molecule has 0 aliphatic carbocycles. The van der Waals surface area contributed by atoms with Gasteiger partial charge in [0.2, 0.25) is 0 Å². The number of fused-ring (bicyclic) bond motifs is 2. The van der Waals surface area contributed by atoms with Crippen LogP contribution in [0.15, 0.2) is 77.0 Å². The Morgan fingerprint density at radius 2 is 1.83 bits per heavy atom. The summed E-state index contributed by atoms with van der Waals surface area (Å²) in [5.41, 5.74) is 7.95. The van der Waals surface area contributed by atoms with Crippen LogP contribution in [0.4, 0.5) is 0 Å². The minimum atomic E-state index is 0.872. The number of furan rings is 1. The Morgan fingerprint density at radius 3 is 2.83 bits per heavy atom. The van der Waals surface area contributed by atoms with Gasteiger partial charge >= 0.3 is 0 Å². The number of nitrogens with zero attached hydrogens (tertiary/aromatic N) is 2. The molecule has 0 bridgehead atoms. The van der Waals surface area contributed by atoms with Crippen LogP contribution in [-0.2, 0) is 0 Å². The zero-order valence-corrected chi connectivity index (χ0v) is 13.5. The van der Waals surface area contributed by atoms with Gasteiger partial charge in [-0.15, -0.1) is 11.3 Å². The Balaban J connectivity index is 1.77. The van der Waals surface area contributed by atoms with E-state index in [0.717, 1.165) is 38.9 Å². The molecular formula is C20H12N2OS. The third kappa shape index (κ3) is 2.04. The van der Waals surface area contributed by atoms with Crippen molar-refractivity contribution in [3.05, 3.63) is 72.6 Å². The smallest absolute Gasteiger partial charge is 0.143 e. The van der Waals surface area contributed by atoms with Gasteiger partial charge in [0.25, 0.3) is 0 Å². The Kier molecular flexibility index (Phi) is 2.96. The maximum atomic E-state index is 5.70. The molecule has 0 unspecified atom stereocenters. The van der Waals surface area contributed by atoms with Crippen LogP contribution >= 0.6 is 11.3 Å². The second-order valence-corrected chi connectivity index (χ2v) is 6.47. The molecule has 5 aromatic rings. The highest BCUT2D eigenvalue weighted by Crippen LogP contribution is 2.36. The molecule has 0 radical (unpaired) electrons. The largest absolute Gasteiger partial charge is 0.464 e. The molecule has 24 heavy (non-hydrogen) atoms. The first-order chi connectivity index (χ1) is 11.9. The van der Waals surface area contributed by atoms with E-state index < -0.39 is 0 Å². The van der Waals surface area contributed by atoms with Crippen LogP contribution < -0.4 is 0 Å². The predicted molar refractivity (Wildman–Crippen MR) is 98.1 cm³/mol. The first kappa shape index (κ1) is 13.5. The summed E-state index contributed by atoms with van der Waals surface area (Å²) < 4.78 is 6.88. The number of thiazole rings is 1. The average molecular weight is 328 g/mol. The topological polar surface area (TPSA) is 38.9 Å². The van der Waals surface area contributed by atoms with Crippen molar-refractivity contribution in [2.24, 2.45) is 0 Å². The van der Waals surface area contributed by atoms with E-state index >= 15 is 0 Å². The summed E-state index contributed by atoms with van der Waals surface area (Å²) >= 11 is 1.65. The second-order valence-electron chi connectivity index (χ2n) is 5.58. The van der Waals surface area contributed by atoms with Gasteiger partial charge in [-0.3, -0.25) is 4.98 Å². The van der Waals surface area contributed by atoms with E-state index in [9.17, 15) is 0 Å². The molecule has 0 amide bonds. The molecule has 0 spiro atoms. The molecule has 0 aliphatic rings. The molecule has 0 saturated carbocycles. The number of hydrogen-bond acceptors (Lipinski definition) is 4. The van der Waals surface area contributed by atoms with Crippen molar-refractivity contribution in [3.63, 3.8) is 0 Å².